The molecule has 148 valence electrons. The van der Waals surface area contributed by atoms with Crippen molar-refractivity contribution in [3.63, 3.8) is 0 Å². The van der Waals surface area contributed by atoms with Gasteiger partial charge in [-0.15, -0.1) is 0 Å². The average molecular weight is 411 g/mol. The fourth-order valence-electron chi connectivity index (χ4n) is 2.62. The zero-order valence-electron chi connectivity index (χ0n) is 16.0. The number of hydrogen-bond donors (Lipinski definition) is 1. The van der Waals surface area contributed by atoms with Gasteiger partial charge in [-0.1, -0.05) is 35.8 Å². The summed E-state index contributed by atoms with van der Waals surface area (Å²) in [5, 5.41) is 11.9. The zero-order chi connectivity index (χ0) is 20.2. The van der Waals surface area contributed by atoms with E-state index in [0.717, 1.165) is 11.1 Å². The molecule has 3 aromatic heterocycles. The number of anilines is 1. The molecule has 1 N–H and O–H groups in total. The van der Waals surface area contributed by atoms with E-state index >= 15 is 0 Å². The summed E-state index contributed by atoms with van der Waals surface area (Å²) >= 11 is 5.90. The van der Waals surface area contributed by atoms with Gasteiger partial charge in [0, 0.05) is 41.2 Å². The number of hydrogen-bond acceptors (Lipinski definition) is 8. The van der Waals surface area contributed by atoms with Gasteiger partial charge in [-0.05, 0) is 36.4 Å². The third-order valence-corrected chi connectivity index (χ3v) is 4.43. The first-order chi connectivity index (χ1) is 14.1. The third kappa shape index (κ3) is 4.60. The van der Waals surface area contributed by atoms with Crippen LogP contribution in [0.25, 0.3) is 22.8 Å². The molecule has 0 saturated carbocycles. The Labute approximate surface area is 172 Å². The van der Waals surface area contributed by atoms with Gasteiger partial charge < -0.3 is 14.4 Å². The predicted octanol–water partition coefficient (Wildman–Crippen LogP) is 4.61. The fourth-order valence-corrected chi connectivity index (χ4v) is 2.74. The third-order valence-electron chi connectivity index (χ3n) is 4.18. The Kier molecular flexibility index (Phi) is 5.53. The molecule has 0 amide bonds. The summed E-state index contributed by atoms with van der Waals surface area (Å²) in [6.07, 6.45) is 2.26. The summed E-state index contributed by atoms with van der Waals surface area (Å²) in [4.78, 5) is 13.1. The SMILES string of the molecule is CC(C)c1noc(-c2ccnc(NCCc3nc(-c4ccc(Cl)cc4)no3)c2)n1. The van der Waals surface area contributed by atoms with Crippen molar-refractivity contribution in [1.29, 1.82) is 0 Å². The summed E-state index contributed by atoms with van der Waals surface area (Å²) in [7, 11) is 0. The largest absolute Gasteiger partial charge is 0.370 e. The first-order valence-electron chi connectivity index (χ1n) is 9.21. The molecule has 4 rings (SSSR count). The standard InChI is InChI=1S/C20H19ClN6O2/c1-12(2)18-25-20(29-26-18)14-7-9-22-16(11-14)23-10-8-17-24-19(27-28-17)13-3-5-15(21)6-4-13/h3-7,9,11-12H,8,10H2,1-2H3,(H,22,23). The minimum absolute atomic E-state index is 0.208. The molecule has 0 atom stereocenters. The van der Waals surface area contributed by atoms with Crippen LogP contribution in [0.2, 0.25) is 5.02 Å². The van der Waals surface area contributed by atoms with Crippen LogP contribution in [0.3, 0.4) is 0 Å². The van der Waals surface area contributed by atoms with Crippen LogP contribution in [0, 0.1) is 0 Å². The van der Waals surface area contributed by atoms with E-state index in [1.54, 1.807) is 18.3 Å². The number of nitrogens with one attached hydrogen (secondary N) is 1. The molecule has 0 aliphatic carbocycles. The van der Waals surface area contributed by atoms with E-state index < -0.39 is 0 Å². The van der Waals surface area contributed by atoms with Crippen LogP contribution in [-0.2, 0) is 6.42 Å². The molecule has 0 unspecified atom stereocenters. The second-order valence-electron chi connectivity index (χ2n) is 6.74. The van der Waals surface area contributed by atoms with Gasteiger partial charge in [0.05, 0.1) is 0 Å². The van der Waals surface area contributed by atoms with E-state index in [2.05, 4.69) is 30.6 Å². The Morgan fingerprint density at radius 3 is 2.59 bits per heavy atom. The molecule has 0 spiro atoms. The number of pyridine rings is 1. The highest BCUT2D eigenvalue weighted by atomic mass is 35.5. The first kappa shape index (κ1) is 19.1. The molecule has 9 heteroatoms. The lowest BCUT2D eigenvalue weighted by Crippen LogP contribution is -2.06. The van der Waals surface area contributed by atoms with Crippen LogP contribution < -0.4 is 5.32 Å². The quantitative estimate of drug-likeness (QED) is 0.471. The monoisotopic (exact) mass is 410 g/mol. The smallest absolute Gasteiger partial charge is 0.258 e. The van der Waals surface area contributed by atoms with Crippen LogP contribution in [0.4, 0.5) is 5.82 Å². The second kappa shape index (κ2) is 8.40. The lowest BCUT2D eigenvalue weighted by Gasteiger charge is -2.04. The van der Waals surface area contributed by atoms with Crippen LogP contribution in [-0.4, -0.2) is 31.8 Å². The number of halogens is 1. The molecule has 0 aliphatic rings. The number of aromatic nitrogens is 5. The normalized spacial score (nSPS) is 11.2. The Bertz CT molecular complexity index is 1090. The molecular weight excluding hydrogens is 392 g/mol. The lowest BCUT2D eigenvalue weighted by atomic mass is 10.2. The van der Waals surface area contributed by atoms with Crippen molar-refractivity contribution in [2.24, 2.45) is 0 Å². The number of rotatable bonds is 7. The summed E-state index contributed by atoms with van der Waals surface area (Å²) in [6, 6.07) is 11.0. The summed E-state index contributed by atoms with van der Waals surface area (Å²) in [5.41, 5.74) is 1.66. The Morgan fingerprint density at radius 1 is 1.00 bits per heavy atom. The van der Waals surface area contributed by atoms with Gasteiger partial charge in [0.15, 0.2) is 5.82 Å². The summed E-state index contributed by atoms with van der Waals surface area (Å²) in [6.45, 7) is 4.62. The highest BCUT2D eigenvalue weighted by Crippen LogP contribution is 2.22. The van der Waals surface area contributed by atoms with Crippen LogP contribution in [0.1, 0.15) is 31.5 Å². The van der Waals surface area contributed by atoms with Gasteiger partial charge in [-0.25, -0.2) is 4.98 Å². The van der Waals surface area contributed by atoms with Crippen molar-refractivity contribution >= 4 is 17.4 Å². The zero-order valence-corrected chi connectivity index (χ0v) is 16.7. The maximum Gasteiger partial charge on any atom is 0.258 e. The van der Waals surface area contributed by atoms with Gasteiger partial charge in [0.2, 0.25) is 11.7 Å². The molecule has 0 aliphatic heterocycles. The van der Waals surface area contributed by atoms with Crippen molar-refractivity contribution in [3.8, 4) is 22.8 Å². The van der Waals surface area contributed by atoms with Crippen molar-refractivity contribution in [2.75, 3.05) is 11.9 Å². The van der Waals surface area contributed by atoms with E-state index in [0.29, 0.717) is 47.2 Å². The maximum atomic E-state index is 5.90. The van der Waals surface area contributed by atoms with Crippen LogP contribution in [0.15, 0.2) is 51.6 Å². The number of benzene rings is 1. The van der Waals surface area contributed by atoms with Crippen molar-refractivity contribution in [3.05, 3.63) is 59.3 Å². The second-order valence-corrected chi connectivity index (χ2v) is 7.17. The van der Waals surface area contributed by atoms with E-state index in [1.807, 2.05) is 38.1 Å². The Balaban J connectivity index is 1.37. The van der Waals surface area contributed by atoms with Crippen molar-refractivity contribution in [2.45, 2.75) is 26.2 Å². The molecule has 29 heavy (non-hydrogen) atoms. The van der Waals surface area contributed by atoms with Gasteiger partial charge in [-0.3, -0.25) is 0 Å². The molecule has 4 aromatic rings. The van der Waals surface area contributed by atoms with Gasteiger partial charge in [0.25, 0.3) is 5.89 Å². The van der Waals surface area contributed by atoms with Gasteiger partial charge in [-0.2, -0.15) is 9.97 Å². The highest BCUT2D eigenvalue weighted by molar-refractivity contribution is 6.30. The number of nitrogens with zero attached hydrogens (tertiary/aromatic N) is 5. The summed E-state index contributed by atoms with van der Waals surface area (Å²) < 4.78 is 10.7. The Morgan fingerprint density at radius 2 is 1.83 bits per heavy atom. The van der Waals surface area contributed by atoms with E-state index in [4.69, 9.17) is 20.6 Å². The lowest BCUT2D eigenvalue weighted by molar-refractivity contribution is 0.381. The van der Waals surface area contributed by atoms with Gasteiger partial charge in [0.1, 0.15) is 5.82 Å². The molecule has 0 saturated heterocycles. The van der Waals surface area contributed by atoms with E-state index in [9.17, 15) is 0 Å². The van der Waals surface area contributed by atoms with Crippen LogP contribution >= 0.6 is 11.6 Å². The van der Waals surface area contributed by atoms with Crippen molar-refractivity contribution in [1.82, 2.24) is 25.3 Å². The topological polar surface area (TPSA) is 103 Å². The minimum atomic E-state index is 0.208. The van der Waals surface area contributed by atoms with E-state index in [1.165, 1.54) is 0 Å². The highest BCUT2D eigenvalue weighted by Gasteiger charge is 2.12. The first-order valence-corrected chi connectivity index (χ1v) is 9.58. The molecule has 0 bridgehead atoms. The summed E-state index contributed by atoms with van der Waals surface area (Å²) in [5.74, 6) is 3.14. The molecule has 3 heterocycles. The van der Waals surface area contributed by atoms with E-state index in [-0.39, 0.29) is 5.92 Å². The molecule has 0 radical (unpaired) electrons. The molecule has 8 nitrogen and oxygen atoms in total. The molecule has 0 fully saturated rings. The molecular formula is C20H19ClN6O2. The minimum Gasteiger partial charge on any atom is -0.370 e. The molecule has 1 aromatic carbocycles. The maximum absolute atomic E-state index is 5.90. The fraction of sp³-hybridized carbons (Fsp3) is 0.250. The Hall–Kier alpha value is -3.26. The van der Waals surface area contributed by atoms with Gasteiger partial charge >= 0.3 is 0 Å². The van der Waals surface area contributed by atoms with Crippen LogP contribution in [0.5, 0.6) is 0 Å². The predicted molar refractivity (Wildman–Crippen MR) is 109 cm³/mol. The van der Waals surface area contributed by atoms with Crippen molar-refractivity contribution < 1.29 is 9.05 Å². The average Bonchev–Trinajstić information content (AvgIpc) is 3.39.